The molecular formula is C19H30N4O3. The van der Waals surface area contributed by atoms with Gasteiger partial charge in [0.1, 0.15) is 5.76 Å². The fourth-order valence-electron chi connectivity index (χ4n) is 3.47. The zero-order valence-corrected chi connectivity index (χ0v) is 16.0. The van der Waals surface area contributed by atoms with Crippen LogP contribution >= 0.6 is 0 Å². The molecule has 1 aromatic heterocycles. The Labute approximate surface area is 154 Å². The normalized spacial score (nSPS) is 23.8. The lowest BCUT2D eigenvalue weighted by Crippen LogP contribution is -2.51. The molecule has 2 fully saturated rings. The largest absolute Gasteiger partial charge is 0.360 e. The summed E-state index contributed by atoms with van der Waals surface area (Å²) in [4.78, 5) is 26.9. The van der Waals surface area contributed by atoms with E-state index in [-0.39, 0.29) is 29.3 Å². The molecule has 144 valence electrons. The van der Waals surface area contributed by atoms with E-state index in [1.807, 2.05) is 25.7 Å². The maximum Gasteiger partial charge on any atom is 0.273 e. The molecule has 2 atom stereocenters. The van der Waals surface area contributed by atoms with Gasteiger partial charge >= 0.3 is 0 Å². The molecule has 0 bridgehead atoms. The van der Waals surface area contributed by atoms with Crippen LogP contribution in [0.15, 0.2) is 10.6 Å². The molecule has 3 N–H and O–H groups in total. The van der Waals surface area contributed by atoms with Gasteiger partial charge in [-0.05, 0) is 44.6 Å². The zero-order chi connectivity index (χ0) is 18.9. The smallest absolute Gasteiger partial charge is 0.273 e. The molecule has 2 amide bonds. The third kappa shape index (κ3) is 4.44. The number of nitrogens with zero attached hydrogens (tertiary/aromatic N) is 2. The van der Waals surface area contributed by atoms with Gasteiger partial charge in [0.15, 0.2) is 5.69 Å². The van der Waals surface area contributed by atoms with Crippen LogP contribution in [0.5, 0.6) is 0 Å². The van der Waals surface area contributed by atoms with Crippen molar-refractivity contribution in [2.45, 2.75) is 70.9 Å². The second-order valence-corrected chi connectivity index (χ2v) is 8.56. The van der Waals surface area contributed by atoms with Crippen molar-refractivity contribution in [3.63, 3.8) is 0 Å². The molecule has 0 spiro atoms. The Morgan fingerprint density at radius 2 is 2.12 bits per heavy atom. The lowest BCUT2D eigenvalue weighted by atomic mass is 9.88. The van der Waals surface area contributed by atoms with Crippen molar-refractivity contribution >= 4 is 11.8 Å². The number of piperidine rings is 1. The van der Waals surface area contributed by atoms with Crippen molar-refractivity contribution < 1.29 is 14.1 Å². The van der Waals surface area contributed by atoms with Crippen LogP contribution in [-0.4, -0.2) is 47.0 Å². The summed E-state index contributed by atoms with van der Waals surface area (Å²) in [6.45, 7) is 7.19. The van der Waals surface area contributed by atoms with E-state index in [1.165, 1.54) is 0 Å². The number of hydrogen-bond donors (Lipinski definition) is 2. The molecule has 7 nitrogen and oxygen atoms in total. The van der Waals surface area contributed by atoms with Crippen LogP contribution in [0.25, 0.3) is 0 Å². The topological polar surface area (TPSA) is 101 Å². The molecule has 2 heterocycles. The van der Waals surface area contributed by atoms with Crippen LogP contribution in [0.4, 0.5) is 0 Å². The first-order valence-electron chi connectivity index (χ1n) is 9.56. The van der Waals surface area contributed by atoms with Crippen molar-refractivity contribution in [3.8, 4) is 0 Å². The Hall–Kier alpha value is -1.89. The molecule has 7 heteroatoms. The van der Waals surface area contributed by atoms with Crippen molar-refractivity contribution in [2.75, 3.05) is 13.1 Å². The lowest BCUT2D eigenvalue weighted by Gasteiger charge is -2.39. The summed E-state index contributed by atoms with van der Waals surface area (Å²) in [5.74, 6) is 1.20. The fourth-order valence-corrected chi connectivity index (χ4v) is 3.47. The van der Waals surface area contributed by atoms with Crippen molar-refractivity contribution in [3.05, 3.63) is 17.5 Å². The number of carbonyl (C=O) groups is 2. The summed E-state index contributed by atoms with van der Waals surface area (Å²) >= 11 is 0. The minimum absolute atomic E-state index is 0.0464. The van der Waals surface area contributed by atoms with Gasteiger partial charge in [-0.15, -0.1) is 0 Å². The Kier molecular flexibility index (Phi) is 5.37. The van der Waals surface area contributed by atoms with Crippen LogP contribution in [0.2, 0.25) is 0 Å². The molecule has 1 aliphatic heterocycles. The molecule has 26 heavy (non-hydrogen) atoms. The first-order chi connectivity index (χ1) is 12.3. The maximum absolute atomic E-state index is 12.6. The number of likely N-dealkylation sites (tertiary alicyclic amines) is 1. The molecule has 3 rings (SSSR count). The third-order valence-electron chi connectivity index (χ3n) is 5.45. The highest BCUT2D eigenvalue weighted by atomic mass is 16.5. The van der Waals surface area contributed by atoms with Gasteiger partial charge in [-0.25, -0.2) is 0 Å². The van der Waals surface area contributed by atoms with Gasteiger partial charge in [-0.3, -0.25) is 9.59 Å². The average molecular weight is 362 g/mol. The minimum Gasteiger partial charge on any atom is -0.360 e. The van der Waals surface area contributed by atoms with Crippen LogP contribution in [0, 0.1) is 5.41 Å². The van der Waals surface area contributed by atoms with Crippen LogP contribution in [-0.2, 0) is 4.79 Å². The Morgan fingerprint density at radius 1 is 1.38 bits per heavy atom. The summed E-state index contributed by atoms with van der Waals surface area (Å²) < 4.78 is 5.25. The van der Waals surface area contributed by atoms with Crippen molar-refractivity contribution in [1.29, 1.82) is 0 Å². The number of carbonyl (C=O) groups excluding carboxylic acids is 2. The maximum atomic E-state index is 12.6. The first kappa shape index (κ1) is 18.9. The van der Waals surface area contributed by atoms with E-state index < -0.39 is 0 Å². The van der Waals surface area contributed by atoms with Crippen LogP contribution in [0.1, 0.15) is 75.0 Å². The number of aromatic nitrogens is 1. The monoisotopic (exact) mass is 362 g/mol. The van der Waals surface area contributed by atoms with Crippen LogP contribution < -0.4 is 11.1 Å². The summed E-state index contributed by atoms with van der Waals surface area (Å²) in [5.41, 5.74) is 5.91. The third-order valence-corrected chi connectivity index (χ3v) is 5.45. The van der Waals surface area contributed by atoms with Gasteiger partial charge in [0, 0.05) is 37.0 Å². The molecule has 1 aliphatic carbocycles. The number of amides is 2. The summed E-state index contributed by atoms with van der Waals surface area (Å²) in [6, 6.07) is 1.89. The quantitative estimate of drug-likeness (QED) is 0.806. The van der Waals surface area contributed by atoms with Gasteiger partial charge in [0.25, 0.3) is 5.91 Å². The fraction of sp³-hybridized carbons (Fsp3) is 0.737. The Balaban J connectivity index is 1.51. The molecule has 1 saturated carbocycles. The molecular weight excluding hydrogens is 332 g/mol. The van der Waals surface area contributed by atoms with E-state index in [0.29, 0.717) is 31.1 Å². The SMILES string of the molecule is CC1CC(NC(=O)c2cc(C3CC3)on2)CCN1C(=O)CC(C)(C)CN. The number of hydrogen-bond acceptors (Lipinski definition) is 5. The van der Waals surface area contributed by atoms with Gasteiger partial charge < -0.3 is 20.5 Å². The number of nitrogens with two attached hydrogens (primary N) is 1. The van der Waals surface area contributed by atoms with E-state index in [0.717, 1.165) is 31.4 Å². The predicted octanol–water partition coefficient (Wildman–Crippen LogP) is 2.04. The highest BCUT2D eigenvalue weighted by Gasteiger charge is 2.33. The molecule has 0 radical (unpaired) electrons. The van der Waals surface area contributed by atoms with E-state index in [4.69, 9.17) is 10.3 Å². The van der Waals surface area contributed by atoms with Crippen LogP contribution in [0.3, 0.4) is 0 Å². The van der Waals surface area contributed by atoms with E-state index in [9.17, 15) is 9.59 Å². The van der Waals surface area contributed by atoms with Crippen molar-refractivity contribution in [1.82, 2.24) is 15.4 Å². The lowest BCUT2D eigenvalue weighted by molar-refractivity contribution is -0.136. The summed E-state index contributed by atoms with van der Waals surface area (Å²) in [6.07, 6.45) is 4.17. The molecule has 2 unspecified atom stereocenters. The Bertz CT molecular complexity index is 665. The van der Waals surface area contributed by atoms with Gasteiger partial charge in [0.05, 0.1) is 0 Å². The Morgan fingerprint density at radius 3 is 2.73 bits per heavy atom. The van der Waals surface area contributed by atoms with Gasteiger partial charge in [-0.2, -0.15) is 0 Å². The zero-order valence-electron chi connectivity index (χ0n) is 16.0. The average Bonchev–Trinajstić information content (AvgIpc) is 3.31. The van der Waals surface area contributed by atoms with E-state index in [2.05, 4.69) is 10.5 Å². The standard InChI is InChI=1S/C19H30N4O3/c1-12-8-14(6-7-23(12)17(24)10-19(2,3)11-20)21-18(25)15-9-16(26-22-15)13-4-5-13/h9,12-14H,4-8,10-11,20H2,1-3H3,(H,21,25). The first-order valence-corrected chi connectivity index (χ1v) is 9.56. The van der Waals surface area contributed by atoms with Gasteiger partial charge in [-0.1, -0.05) is 19.0 Å². The summed E-state index contributed by atoms with van der Waals surface area (Å²) in [5, 5.41) is 6.93. The predicted molar refractivity (Wildman–Crippen MR) is 97.6 cm³/mol. The highest BCUT2D eigenvalue weighted by Crippen LogP contribution is 2.40. The van der Waals surface area contributed by atoms with E-state index in [1.54, 1.807) is 6.07 Å². The summed E-state index contributed by atoms with van der Waals surface area (Å²) in [7, 11) is 0. The molecule has 1 saturated heterocycles. The second kappa shape index (κ2) is 7.39. The minimum atomic E-state index is -0.193. The van der Waals surface area contributed by atoms with E-state index >= 15 is 0 Å². The number of rotatable bonds is 6. The van der Waals surface area contributed by atoms with Crippen molar-refractivity contribution in [2.24, 2.45) is 11.1 Å². The molecule has 1 aromatic rings. The number of nitrogens with one attached hydrogen (secondary N) is 1. The van der Waals surface area contributed by atoms with Gasteiger partial charge in [0.2, 0.25) is 5.91 Å². The molecule has 2 aliphatic rings. The second-order valence-electron chi connectivity index (χ2n) is 8.56. The highest BCUT2D eigenvalue weighted by molar-refractivity contribution is 5.92. The molecule has 0 aromatic carbocycles.